The molecule has 0 aliphatic heterocycles. The van der Waals surface area contributed by atoms with Gasteiger partial charge in [-0.05, 0) is 106 Å². The highest BCUT2D eigenvalue weighted by atomic mass is 15.2. The summed E-state index contributed by atoms with van der Waals surface area (Å²) in [6, 6.07) is 56.0. The minimum absolute atomic E-state index is 0.419. The Labute approximate surface area is 353 Å². The highest BCUT2D eigenvalue weighted by Crippen LogP contribution is 2.74. The number of aromatic nitrogens is 4. The summed E-state index contributed by atoms with van der Waals surface area (Å²) in [5.74, 6) is 0. The predicted molar refractivity (Wildman–Crippen MR) is 245 cm³/mol. The minimum atomic E-state index is -0.743. The maximum Gasteiger partial charge on any atom is 0.0932 e. The number of pyridine rings is 4. The highest BCUT2D eigenvalue weighted by molar-refractivity contribution is 5.89. The lowest BCUT2D eigenvalue weighted by Gasteiger charge is -2.61. The molecule has 4 aromatic heterocycles. The van der Waals surface area contributed by atoms with Crippen molar-refractivity contribution in [1.29, 1.82) is 0 Å². The molecule has 2 aliphatic carbocycles. The zero-order valence-corrected chi connectivity index (χ0v) is 35.0. The predicted octanol–water partition coefficient (Wildman–Crippen LogP) is 13.5. The first-order valence-electron chi connectivity index (χ1n) is 20.8. The van der Waals surface area contributed by atoms with Crippen molar-refractivity contribution in [3.05, 3.63) is 205 Å². The van der Waals surface area contributed by atoms with E-state index in [1.807, 2.05) is 24.8 Å². The number of para-hydroxylation sites is 4. The molecule has 0 saturated heterocycles. The van der Waals surface area contributed by atoms with E-state index in [9.17, 15) is 0 Å². The lowest BCUT2D eigenvalue weighted by molar-refractivity contribution is 0.0589. The van der Waals surface area contributed by atoms with Gasteiger partial charge in [-0.15, -0.1) is 0 Å². The Balaban J connectivity index is 1.34. The Morgan fingerprint density at radius 2 is 0.633 bits per heavy atom. The summed E-state index contributed by atoms with van der Waals surface area (Å²) in [4.78, 5) is 26.0. The normalized spacial score (nSPS) is 17.6. The van der Waals surface area contributed by atoms with E-state index in [-0.39, 0.29) is 0 Å². The van der Waals surface area contributed by atoms with E-state index in [4.69, 9.17) is 19.9 Å². The van der Waals surface area contributed by atoms with Gasteiger partial charge in [-0.2, -0.15) is 0 Å². The third-order valence-electron chi connectivity index (χ3n) is 12.8. The van der Waals surface area contributed by atoms with Crippen molar-refractivity contribution in [3.8, 4) is 22.8 Å². The molecule has 0 bridgehead atoms. The molecular formula is C54H48N6. The van der Waals surface area contributed by atoms with Crippen molar-refractivity contribution in [2.75, 3.05) is 9.80 Å². The lowest BCUT2D eigenvalue weighted by Crippen LogP contribution is -2.62. The van der Waals surface area contributed by atoms with Crippen molar-refractivity contribution >= 4 is 34.1 Å². The molecule has 6 nitrogen and oxygen atoms in total. The van der Waals surface area contributed by atoms with Crippen molar-refractivity contribution < 1.29 is 0 Å². The van der Waals surface area contributed by atoms with Gasteiger partial charge in [0.25, 0.3) is 0 Å². The smallest absolute Gasteiger partial charge is 0.0932 e. The molecule has 0 spiro atoms. The third kappa shape index (κ3) is 5.26. The monoisotopic (exact) mass is 780 g/mol. The fraction of sp³-hybridized carbons (Fsp3) is 0.185. The summed E-state index contributed by atoms with van der Waals surface area (Å²) >= 11 is 0. The summed E-state index contributed by atoms with van der Waals surface area (Å²) in [6.45, 7) is 14.4. The van der Waals surface area contributed by atoms with E-state index in [1.165, 1.54) is 0 Å². The van der Waals surface area contributed by atoms with Gasteiger partial charge in [0.15, 0.2) is 0 Å². The van der Waals surface area contributed by atoms with Gasteiger partial charge in [0.2, 0.25) is 0 Å². The van der Waals surface area contributed by atoms with Crippen LogP contribution in [0.3, 0.4) is 0 Å². The van der Waals surface area contributed by atoms with E-state index in [0.29, 0.717) is 0 Å². The Hall–Kier alpha value is -6.92. The van der Waals surface area contributed by atoms with Crippen LogP contribution in [0.1, 0.15) is 63.8 Å². The van der Waals surface area contributed by atoms with Crippen LogP contribution in [-0.2, 0) is 10.8 Å². The van der Waals surface area contributed by atoms with Crippen LogP contribution in [0.2, 0.25) is 0 Å². The Bertz CT molecular complexity index is 2570. The van der Waals surface area contributed by atoms with Crippen molar-refractivity contribution in [1.82, 2.24) is 19.9 Å². The molecule has 4 heterocycles. The first-order valence-corrected chi connectivity index (χ1v) is 20.8. The van der Waals surface area contributed by atoms with E-state index in [2.05, 4.69) is 209 Å². The van der Waals surface area contributed by atoms with Gasteiger partial charge in [-0.3, -0.25) is 19.9 Å². The van der Waals surface area contributed by atoms with E-state index >= 15 is 0 Å². The maximum absolute atomic E-state index is 5.46. The summed E-state index contributed by atoms with van der Waals surface area (Å²) in [7, 11) is 0. The number of anilines is 6. The van der Waals surface area contributed by atoms with Gasteiger partial charge >= 0.3 is 0 Å². The molecule has 0 radical (unpaired) electrons. The van der Waals surface area contributed by atoms with Crippen LogP contribution in [0.15, 0.2) is 183 Å². The standard InChI is InChI=1S/C54H48N6/c1-51(2,3)53(43-29-19-31-55-47(43)49-45(53)33-41(35-57-49)59(37-21-11-7-12-22-37)38-23-13-8-14-24-38)54(52(4,5)6)44-30-20-32-56-48(44)50-46(54)34-42(36-58-50)60(39-25-15-9-16-26-39)40-27-17-10-18-28-40/h7-36H,1-6H3. The maximum atomic E-state index is 5.46. The molecule has 294 valence electrons. The topological polar surface area (TPSA) is 58.0 Å². The van der Waals surface area contributed by atoms with E-state index in [0.717, 1.165) is 79.2 Å². The van der Waals surface area contributed by atoms with Gasteiger partial charge in [-0.1, -0.05) is 126 Å². The average Bonchev–Trinajstić information content (AvgIpc) is 3.73. The molecule has 0 fully saturated rings. The minimum Gasteiger partial charge on any atom is -0.309 e. The van der Waals surface area contributed by atoms with Crippen molar-refractivity contribution in [2.45, 2.75) is 52.4 Å². The molecular weight excluding hydrogens is 733 g/mol. The van der Waals surface area contributed by atoms with Crippen LogP contribution < -0.4 is 9.80 Å². The Morgan fingerprint density at radius 3 is 0.933 bits per heavy atom. The molecule has 0 saturated carbocycles. The van der Waals surface area contributed by atoms with Crippen molar-refractivity contribution in [2.24, 2.45) is 10.8 Å². The zero-order chi connectivity index (χ0) is 41.3. The molecule has 60 heavy (non-hydrogen) atoms. The fourth-order valence-corrected chi connectivity index (χ4v) is 10.9. The molecule has 2 aliphatic rings. The Morgan fingerprint density at radius 1 is 0.333 bits per heavy atom. The largest absolute Gasteiger partial charge is 0.309 e. The van der Waals surface area contributed by atoms with Gasteiger partial charge in [-0.25, -0.2) is 0 Å². The average molecular weight is 781 g/mol. The first kappa shape index (κ1) is 37.4. The SMILES string of the molecule is CC(C)(C)C1(C2(C(C)(C)C)c3cccnc3-c3ncc(N(c4ccccc4)c4ccccc4)cc32)c2cccnc2-c2ncc(N(c3ccccc3)c3ccccc3)cc21. The molecule has 0 amide bonds. The lowest BCUT2D eigenvalue weighted by atomic mass is 9.40. The first-order chi connectivity index (χ1) is 29.1. The molecule has 4 aromatic carbocycles. The van der Waals surface area contributed by atoms with Gasteiger partial charge in [0, 0.05) is 46.0 Å². The quantitative estimate of drug-likeness (QED) is 0.161. The van der Waals surface area contributed by atoms with Crippen LogP contribution in [0, 0.1) is 10.8 Å². The van der Waals surface area contributed by atoms with Gasteiger partial charge < -0.3 is 9.80 Å². The molecule has 0 N–H and O–H groups in total. The molecule has 2 atom stereocenters. The number of benzene rings is 4. The second-order valence-corrected chi connectivity index (χ2v) is 18.0. The molecule has 2 unspecified atom stereocenters. The van der Waals surface area contributed by atoms with Crippen LogP contribution in [-0.4, -0.2) is 19.9 Å². The summed E-state index contributed by atoms with van der Waals surface area (Å²) in [5, 5.41) is 0. The third-order valence-corrected chi connectivity index (χ3v) is 12.8. The van der Waals surface area contributed by atoms with Gasteiger partial charge in [0.1, 0.15) is 0 Å². The number of rotatable bonds is 7. The second-order valence-electron chi connectivity index (χ2n) is 18.0. The highest BCUT2D eigenvalue weighted by Gasteiger charge is 2.71. The number of nitrogens with zero attached hydrogens (tertiary/aromatic N) is 6. The number of hydrogen-bond donors (Lipinski definition) is 0. The number of hydrogen-bond acceptors (Lipinski definition) is 6. The van der Waals surface area contributed by atoms with Crippen LogP contribution in [0.25, 0.3) is 22.8 Å². The molecule has 10 rings (SSSR count). The summed E-state index contributed by atoms with van der Waals surface area (Å²) < 4.78 is 0. The summed E-state index contributed by atoms with van der Waals surface area (Å²) in [6.07, 6.45) is 7.87. The molecule has 6 heteroatoms. The zero-order valence-electron chi connectivity index (χ0n) is 35.0. The Kier molecular flexibility index (Phi) is 8.62. The van der Waals surface area contributed by atoms with Crippen LogP contribution in [0.4, 0.5) is 34.1 Å². The van der Waals surface area contributed by atoms with Crippen LogP contribution >= 0.6 is 0 Å². The summed E-state index contributed by atoms with van der Waals surface area (Å²) in [5.41, 5.74) is 12.1. The van der Waals surface area contributed by atoms with Gasteiger partial charge in [0.05, 0.1) is 46.5 Å². The number of fused-ring (bicyclic) bond motifs is 6. The van der Waals surface area contributed by atoms with Crippen LogP contribution in [0.5, 0.6) is 0 Å². The molecule has 8 aromatic rings. The van der Waals surface area contributed by atoms with Crippen molar-refractivity contribution in [3.63, 3.8) is 0 Å². The van der Waals surface area contributed by atoms with E-state index < -0.39 is 21.7 Å². The fourth-order valence-electron chi connectivity index (χ4n) is 10.9. The second kappa shape index (κ2) is 13.8. The van der Waals surface area contributed by atoms with E-state index in [1.54, 1.807) is 0 Å².